The van der Waals surface area contributed by atoms with Gasteiger partial charge in [0.25, 0.3) is 0 Å². The first kappa shape index (κ1) is 14.8. The first-order chi connectivity index (χ1) is 11.1. The summed E-state index contributed by atoms with van der Waals surface area (Å²) >= 11 is 0. The molecule has 0 aliphatic heterocycles. The molecule has 23 heavy (non-hydrogen) atoms. The summed E-state index contributed by atoms with van der Waals surface area (Å²) in [4.78, 5) is 23.5. The van der Waals surface area contributed by atoms with E-state index in [0.29, 0.717) is 6.54 Å². The summed E-state index contributed by atoms with van der Waals surface area (Å²) < 4.78 is 16.1. The van der Waals surface area contributed by atoms with Gasteiger partial charge in [0, 0.05) is 11.5 Å². The average Bonchev–Trinajstić information content (AvgIpc) is 3.19. The predicted octanol–water partition coefficient (Wildman–Crippen LogP) is 2.25. The number of esters is 2. The molecule has 3 aromatic rings. The third kappa shape index (κ3) is 2.80. The van der Waals surface area contributed by atoms with Crippen LogP contribution in [0.15, 0.2) is 41.0 Å². The molecule has 0 saturated heterocycles. The number of fused-ring (bicyclic) bond motifs is 1. The highest BCUT2D eigenvalue weighted by atomic mass is 16.5. The Balaban J connectivity index is 1.98. The molecular weight excluding hydrogens is 300 g/mol. The summed E-state index contributed by atoms with van der Waals surface area (Å²) in [5.74, 6) is -1.18. The van der Waals surface area contributed by atoms with Gasteiger partial charge in [0.1, 0.15) is 11.3 Å². The number of hydrogen-bond acceptors (Lipinski definition) is 6. The molecule has 7 heteroatoms. The van der Waals surface area contributed by atoms with E-state index in [-0.39, 0.29) is 11.4 Å². The van der Waals surface area contributed by atoms with Crippen LogP contribution in [0.2, 0.25) is 0 Å². The van der Waals surface area contributed by atoms with Crippen LogP contribution in [0.3, 0.4) is 0 Å². The third-order valence-corrected chi connectivity index (χ3v) is 3.42. The third-order valence-electron chi connectivity index (χ3n) is 3.42. The fourth-order valence-corrected chi connectivity index (χ4v) is 2.30. The van der Waals surface area contributed by atoms with Crippen LogP contribution < -0.4 is 0 Å². The first-order valence-corrected chi connectivity index (χ1v) is 6.83. The maximum atomic E-state index is 11.9. The van der Waals surface area contributed by atoms with Gasteiger partial charge in [0.15, 0.2) is 5.69 Å². The molecule has 2 heterocycles. The highest BCUT2D eigenvalue weighted by molar-refractivity contribution is 5.93. The number of hydrogen-bond donors (Lipinski definition) is 0. The Hall–Kier alpha value is -3.09. The van der Waals surface area contributed by atoms with Gasteiger partial charge in [0.05, 0.1) is 27.0 Å². The van der Waals surface area contributed by atoms with Crippen LogP contribution >= 0.6 is 0 Å². The smallest absolute Gasteiger partial charge is 0.358 e. The van der Waals surface area contributed by atoms with E-state index in [1.54, 1.807) is 6.26 Å². The Morgan fingerprint density at radius 1 is 1.13 bits per heavy atom. The molecular formula is C16H14N2O5. The lowest BCUT2D eigenvalue weighted by Gasteiger charge is -2.06. The number of nitrogens with zero attached hydrogens (tertiary/aromatic N) is 2. The van der Waals surface area contributed by atoms with Crippen LogP contribution in [0.4, 0.5) is 0 Å². The van der Waals surface area contributed by atoms with Gasteiger partial charge in [-0.1, -0.05) is 6.07 Å². The quantitative estimate of drug-likeness (QED) is 0.687. The molecule has 2 aromatic heterocycles. The molecule has 7 nitrogen and oxygen atoms in total. The van der Waals surface area contributed by atoms with E-state index in [9.17, 15) is 9.59 Å². The summed E-state index contributed by atoms with van der Waals surface area (Å²) in [6.45, 7) is 0.308. The van der Waals surface area contributed by atoms with E-state index in [1.807, 2.05) is 24.3 Å². The number of rotatable bonds is 4. The minimum atomic E-state index is -0.612. The standard InChI is InChI=1S/C16H14N2O5/c1-21-15(19)12-8-13(16(20)22-2)18(17-12)9-10-3-4-14-11(7-10)5-6-23-14/h3-8H,9H2,1-2H3. The van der Waals surface area contributed by atoms with Gasteiger partial charge in [0.2, 0.25) is 0 Å². The Bertz CT molecular complexity index is 878. The number of aromatic nitrogens is 2. The zero-order valence-electron chi connectivity index (χ0n) is 12.6. The lowest BCUT2D eigenvalue weighted by Crippen LogP contribution is -2.13. The summed E-state index contributed by atoms with van der Waals surface area (Å²) in [5, 5.41) is 5.08. The van der Waals surface area contributed by atoms with Crippen molar-refractivity contribution >= 4 is 22.9 Å². The van der Waals surface area contributed by atoms with E-state index < -0.39 is 11.9 Å². The van der Waals surface area contributed by atoms with Crippen molar-refractivity contribution in [2.45, 2.75) is 6.54 Å². The Labute approximate surface area is 131 Å². The Kier molecular flexibility index (Phi) is 3.84. The number of methoxy groups -OCH3 is 2. The molecule has 3 rings (SSSR count). The van der Waals surface area contributed by atoms with Gasteiger partial charge in [-0.15, -0.1) is 0 Å². The maximum absolute atomic E-state index is 11.9. The van der Waals surface area contributed by atoms with Crippen molar-refractivity contribution in [2.75, 3.05) is 14.2 Å². The number of benzene rings is 1. The van der Waals surface area contributed by atoms with Crippen molar-refractivity contribution in [1.29, 1.82) is 0 Å². The van der Waals surface area contributed by atoms with Gasteiger partial charge in [-0.25, -0.2) is 9.59 Å². The van der Waals surface area contributed by atoms with Crippen molar-refractivity contribution in [3.63, 3.8) is 0 Å². The van der Waals surface area contributed by atoms with Gasteiger partial charge < -0.3 is 13.9 Å². The zero-order chi connectivity index (χ0) is 16.4. The van der Waals surface area contributed by atoms with Crippen LogP contribution in [0.5, 0.6) is 0 Å². The highest BCUT2D eigenvalue weighted by Gasteiger charge is 2.20. The van der Waals surface area contributed by atoms with Crippen LogP contribution in [0.25, 0.3) is 11.0 Å². The van der Waals surface area contributed by atoms with Gasteiger partial charge in [-0.05, 0) is 23.8 Å². The van der Waals surface area contributed by atoms with E-state index >= 15 is 0 Å². The Morgan fingerprint density at radius 3 is 2.65 bits per heavy atom. The minimum absolute atomic E-state index is 0.0530. The average molecular weight is 314 g/mol. The van der Waals surface area contributed by atoms with E-state index in [0.717, 1.165) is 16.5 Å². The molecule has 0 N–H and O–H groups in total. The topological polar surface area (TPSA) is 83.6 Å². The number of carbonyl (C=O) groups is 2. The molecule has 0 bridgehead atoms. The molecule has 0 aliphatic carbocycles. The van der Waals surface area contributed by atoms with Crippen molar-refractivity contribution < 1.29 is 23.5 Å². The van der Waals surface area contributed by atoms with E-state index in [1.165, 1.54) is 25.0 Å². The molecule has 0 saturated carbocycles. The number of carbonyl (C=O) groups excluding carboxylic acids is 2. The second-order valence-corrected chi connectivity index (χ2v) is 4.85. The molecule has 0 spiro atoms. The fourth-order valence-electron chi connectivity index (χ4n) is 2.30. The molecule has 1 aromatic carbocycles. The van der Waals surface area contributed by atoms with Gasteiger partial charge >= 0.3 is 11.9 Å². The summed E-state index contributed by atoms with van der Waals surface area (Å²) in [6.07, 6.45) is 1.61. The monoisotopic (exact) mass is 314 g/mol. The summed E-state index contributed by atoms with van der Waals surface area (Å²) in [5.41, 5.74) is 1.92. The van der Waals surface area contributed by atoms with E-state index in [2.05, 4.69) is 9.84 Å². The second-order valence-electron chi connectivity index (χ2n) is 4.85. The van der Waals surface area contributed by atoms with Crippen LogP contribution in [-0.2, 0) is 16.0 Å². The molecule has 0 radical (unpaired) electrons. The summed E-state index contributed by atoms with van der Waals surface area (Å²) in [6, 6.07) is 8.84. The predicted molar refractivity (Wildman–Crippen MR) is 80.2 cm³/mol. The van der Waals surface area contributed by atoms with Crippen molar-refractivity contribution in [3.05, 3.63) is 53.5 Å². The van der Waals surface area contributed by atoms with Crippen LogP contribution in [0.1, 0.15) is 26.5 Å². The van der Waals surface area contributed by atoms with Crippen molar-refractivity contribution in [1.82, 2.24) is 9.78 Å². The van der Waals surface area contributed by atoms with Crippen LogP contribution in [0, 0.1) is 0 Å². The number of ether oxygens (including phenoxy) is 2. The van der Waals surface area contributed by atoms with Crippen molar-refractivity contribution in [3.8, 4) is 0 Å². The molecule has 118 valence electrons. The second kappa shape index (κ2) is 5.96. The molecule has 0 amide bonds. The van der Waals surface area contributed by atoms with Crippen LogP contribution in [-0.4, -0.2) is 35.9 Å². The summed E-state index contributed by atoms with van der Waals surface area (Å²) in [7, 11) is 2.53. The SMILES string of the molecule is COC(=O)c1cc(C(=O)OC)n(Cc2ccc3occc3c2)n1. The van der Waals surface area contributed by atoms with Crippen molar-refractivity contribution in [2.24, 2.45) is 0 Å². The van der Waals surface area contributed by atoms with E-state index in [4.69, 9.17) is 9.15 Å². The lowest BCUT2D eigenvalue weighted by atomic mass is 10.1. The molecule has 0 aliphatic rings. The fraction of sp³-hybridized carbons (Fsp3) is 0.188. The van der Waals surface area contributed by atoms with Gasteiger partial charge in [-0.2, -0.15) is 5.10 Å². The number of furan rings is 1. The van der Waals surface area contributed by atoms with Gasteiger partial charge in [-0.3, -0.25) is 4.68 Å². The molecule has 0 atom stereocenters. The molecule has 0 unspecified atom stereocenters. The lowest BCUT2D eigenvalue weighted by molar-refractivity contribution is 0.0581. The first-order valence-electron chi connectivity index (χ1n) is 6.83. The minimum Gasteiger partial charge on any atom is -0.464 e. The largest absolute Gasteiger partial charge is 0.464 e. The Morgan fingerprint density at radius 2 is 1.91 bits per heavy atom. The maximum Gasteiger partial charge on any atom is 0.358 e. The normalized spacial score (nSPS) is 10.7. The highest BCUT2D eigenvalue weighted by Crippen LogP contribution is 2.18. The zero-order valence-corrected chi connectivity index (χ0v) is 12.6. The molecule has 0 fully saturated rings.